The van der Waals surface area contributed by atoms with E-state index >= 15 is 0 Å². The summed E-state index contributed by atoms with van der Waals surface area (Å²) in [6, 6.07) is 2.44. The van der Waals surface area contributed by atoms with Gasteiger partial charge in [-0.05, 0) is 39.8 Å². The van der Waals surface area contributed by atoms with Crippen molar-refractivity contribution < 1.29 is 4.79 Å². The summed E-state index contributed by atoms with van der Waals surface area (Å²) in [7, 11) is 2.02. The van der Waals surface area contributed by atoms with Crippen LogP contribution in [0, 0.1) is 19.8 Å². The van der Waals surface area contributed by atoms with E-state index in [1.807, 2.05) is 20.0 Å². The van der Waals surface area contributed by atoms with Gasteiger partial charge in [0.1, 0.15) is 0 Å². The first-order valence-electron chi connectivity index (χ1n) is 6.13. The van der Waals surface area contributed by atoms with E-state index in [0.717, 1.165) is 10.4 Å². The summed E-state index contributed by atoms with van der Waals surface area (Å²) in [6.07, 6.45) is 0. The maximum absolute atomic E-state index is 12.2. The summed E-state index contributed by atoms with van der Waals surface area (Å²) < 4.78 is 0. The Morgan fingerprint density at radius 3 is 2.35 bits per heavy atom. The molecule has 0 saturated heterocycles. The second-order valence-electron chi connectivity index (χ2n) is 5.15. The highest BCUT2D eigenvalue weighted by molar-refractivity contribution is 7.12. The number of aryl methyl sites for hydroxylation is 2. The topological polar surface area (TPSA) is 20.3 Å². The Balaban J connectivity index is 2.70. The molecule has 0 aliphatic carbocycles. The molecule has 17 heavy (non-hydrogen) atoms. The second-order valence-corrected chi connectivity index (χ2v) is 6.61. The Hall–Kier alpha value is -0.670. The second kappa shape index (κ2) is 5.78. The SMILES string of the molecule is Cc1cc(C(=O)CN(C)C(C)C(C)C)c(C)s1. The van der Waals surface area contributed by atoms with E-state index in [1.54, 1.807) is 11.3 Å². The molecule has 0 saturated carbocycles. The molecular weight excluding hydrogens is 230 g/mol. The zero-order valence-electron chi connectivity index (χ0n) is 11.7. The molecule has 0 bridgehead atoms. The van der Waals surface area contributed by atoms with Crippen molar-refractivity contribution in [2.75, 3.05) is 13.6 Å². The molecule has 0 radical (unpaired) electrons. The number of ketones is 1. The van der Waals surface area contributed by atoms with Crippen molar-refractivity contribution in [3.63, 3.8) is 0 Å². The summed E-state index contributed by atoms with van der Waals surface area (Å²) >= 11 is 1.70. The molecule has 1 aromatic rings. The van der Waals surface area contributed by atoms with Gasteiger partial charge in [0.2, 0.25) is 0 Å². The fourth-order valence-electron chi connectivity index (χ4n) is 1.87. The standard InChI is InChI=1S/C14H23NOS/c1-9(2)11(4)15(6)8-14(16)13-7-10(3)17-12(13)5/h7,9,11H,8H2,1-6H3. The molecule has 3 heteroatoms. The van der Waals surface area contributed by atoms with Crippen LogP contribution in [0.25, 0.3) is 0 Å². The highest BCUT2D eigenvalue weighted by Gasteiger charge is 2.18. The Bertz CT molecular complexity index is 395. The first kappa shape index (κ1) is 14.4. The minimum Gasteiger partial charge on any atom is -0.296 e. The summed E-state index contributed by atoms with van der Waals surface area (Å²) in [4.78, 5) is 16.7. The lowest BCUT2D eigenvalue weighted by Gasteiger charge is -2.27. The highest BCUT2D eigenvalue weighted by Crippen LogP contribution is 2.21. The minimum absolute atomic E-state index is 0.238. The molecule has 1 heterocycles. The fourth-order valence-corrected chi connectivity index (χ4v) is 2.81. The molecule has 1 atom stereocenters. The van der Waals surface area contributed by atoms with Crippen LogP contribution in [0.4, 0.5) is 0 Å². The fraction of sp³-hybridized carbons (Fsp3) is 0.643. The van der Waals surface area contributed by atoms with Gasteiger partial charge in [0.05, 0.1) is 6.54 Å². The van der Waals surface area contributed by atoms with Gasteiger partial charge in [0, 0.05) is 21.4 Å². The van der Waals surface area contributed by atoms with Gasteiger partial charge in [-0.15, -0.1) is 11.3 Å². The molecule has 1 unspecified atom stereocenters. The van der Waals surface area contributed by atoms with Gasteiger partial charge >= 0.3 is 0 Å². The van der Waals surface area contributed by atoms with Gasteiger partial charge in [-0.2, -0.15) is 0 Å². The third kappa shape index (κ3) is 3.65. The van der Waals surface area contributed by atoms with Crippen molar-refractivity contribution in [3.05, 3.63) is 21.4 Å². The van der Waals surface area contributed by atoms with Gasteiger partial charge in [-0.25, -0.2) is 0 Å². The monoisotopic (exact) mass is 253 g/mol. The summed E-state index contributed by atoms with van der Waals surface area (Å²) in [5.41, 5.74) is 0.898. The molecule has 1 aromatic heterocycles. The van der Waals surface area contributed by atoms with Crippen molar-refractivity contribution in [2.45, 2.75) is 40.7 Å². The molecule has 0 aliphatic rings. The molecule has 0 N–H and O–H groups in total. The van der Waals surface area contributed by atoms with E-state index in [2.05, 4.69) is 32.6 Å². The van der Waals surface area contributed by atoms with Gasteiger partial charge in [0.15, 0.2) is 5.78 Å². The van der Waals surface area contributed by atoms with E-state index in [9.17, 15) is 4.79 Å². The van der Waals surface area contributed by atoms with E-state index in [0.29, 0.717) is 18.5 Å². The van der Waals surface area contributed by atoms with Crippen LogP contribution < -0.4 is 0 Å². The molecule has 0 fully saturated rings. The predicted molar refractivity (Wildman–Crippen MR) is 75.1 cm³/mol. The number of nitrogens with zero attached hydrogens (tertiary/aromatic N) is 1. The average Bonchev–Trinajstić information content (AvgIpc) is 2.56. The number of thiophene rings is 1. The van der Waals surface area contributed by atoms with E-state index in [1.165, 1.54) is 4.88 Å². The normalized spacial score (nSPS) is 13.4. The maximum Gasteiger partial charge on any atom is 0.177 e. The van der Waals surface area contributed by atoms with E-state index in [4.69, 9.17) is 0 Å². The average molecular weight is 253 g/mol. The van der Waals surface area contributed by atoms with Gasteiger partial charge < -0.3 is 0 Å². The van der Waals surface area contributed by atoms with E-state index < -0.39 is 0 Å². The van der Waals surface area contributed by atoms with Gasteiger partial charge in [0.25, 0.3) is 0 Å². The van der Waals surface area contributed by atoms with Gasteiger partial charge in [-0.1, -0.05) is 13.8 Å². The van der Waals surface area contributed by atoms with Crippen molar-refractivity contribution >= 4 is 17.1 Å². The van der Waals surface area contributed by atoms with Crippen LogP contribution >= 0.6 is 11.3 Å². The van der Waals surface area contributed by atoms with Gasteiger partial charge in [-0.3, -0.25) is 9.69 Å². The summed E-state index contributed by atoms with van der Waals surface area (Å²) in [6.45, 7) is 11.1. The first-order chi connectivity index (χ1) is 7.82. The van der Waals surface area contributed by atoms with Crippen LogP contribution in [0.15, 0.2) is 6.07 Å². The van der Waals surface area contributed by atoms with Crippen molar-refractivity contribution in [1.82, 2.24) is 4.90 Å². The molecule has 1 rings (SSSR count). The number of hydrogen-bond donors (Lipinski definition) is 0. The molecule has 0 aliphatic heterocycles. The molecule has 0 aromatic carbocycles. The molecule has 0 amide bonds. The van der Waals surface area contributed by atoms with Crippen LogP contribution in [0.1, 0.15) is 40.9 Å². The molecule has 0 spiro atoms. The van der Waals surface area contributed by atoms with E-state index in [-0.39, 0.29) is 5.78 Å². The lowest BCUT2D eigenvalue weighted by Crippen LogP contribution is -2.37. The number of hydrogen-bond acceptors (Lipinski definition) is 3. The Labute approximate surface area is 109 Å². The smallest absolute Gasteiger partial charge is 0.177 e. The molecule has 96 valence electrons. The quantitative estimate of drug-likeness (QED) is 0.748. The largest absolute Gasteiger partial charge is 0.296 e. The summed E-state index contributed by atoms with van der Waals surface area (Å²) in [5.74, 6) is 0.806. The third-order valence-electron chi connectivity index (χ3n) is 3.39. The highest BCUT2D eigenvalue weighted by atomic mass is 32.1. The number of carbonyl (C=O) groups is 1. The zero-order valence-corrected chi connectivity index (χ0v) is 12.5. The lowest BCUT2D eigenvalue weighted by atomic mass is 10.0. The number of rotatable bonds is 5. The number of Topliss-reactive ketones (excluding diaryl/α,β-unsaturated/α-hetero) is 1. The Kier molecular flexibility index (Phi) is 4.90. The van der Waals surface area contributed by atoms with Crippen LogP contribution in [-0.2, 0) is 0 Å². The Morgan fingerprint density at radius 1 is 1.35 bits per heavy atom. The molecular formula is C14H23NOS. The number of carbonyl (C=O) groups excluding carboxylic acids is 1. The van der Waals surface area contributed by atoms with Crippen molar-refractivity contribution in [1.29, 1.82) is 0 Å². The summed E-state index contributed by atoms with van der Waals surface area (Å²) in [5, 5.41) is 0. The zero-order chi connectivity index (χ0) is 13.2. The van der Waals surface area contributed by atoms with Crippen LogP contribution in [0.3, 0.4) is 0 Å². The van der Waals surface area contributed by atoms with Crippen LogP contribution in [0.2, 0.25) is 0 Å². The van der Waals surface area contributed by atoms with Crippen LogP contribution in [0.5, 0.6) is 0 Å². The third-order valence-corrected chi connectivity index (χ3v) is 4.36. The number of likely N-dealkylation sites (N-methyl/N-ethyl adjacent to an activating group) is 1. The predicted octanol–water partition coefficient (Wildman–Crippen LogP) is 3.52. The maximum atomic E-state index is 12.2. The van der Waals surface area contributed by atoms with Crippen molar-refractivity contribution in [3.8, 4) is 0 Å². The minimum atomic E-state index is 0.238. The molecule has 2 nitrogen and oxygen atoms in total. The van der Waals surface area contributed by atoms with Crippen LogP contribution in [-0.4, -0.2) is 30.3 Å². The lowest BCUT2D eigenvalue weighted by molar-refractivity contribution is 0.0906. The first-order valence-corrected chi connectivity index (χ1v) is 6.95. The Morgan fingerprint density at radius 2 is 1.94 bits per heavy atom. The van der Waals surface area contributed by atoms with Crippen molar-refractivity contribution in [2.24, 2.45) is 5.92 Å².